The predicted molar refractivity (Wildman–Crippen MR) is 121 cm³/mol. The van der Waals surface area contributed by atoms with Gasteiger partial charge < -0.3 is 20.1 Å². The Hall–Kier alpha value is -2.08. The number of carbonyl (C=O) groups is 2. The molecule has 0 aromatic heterocycles. The van der Waals surface area contributed by atoms with Crippen molar-refractivity contribution in [2.45, 2.75) is 82.8 Å². The molecule has 2 aliphatic rings. The number of ether oxygens (including phenoxy) is 2. The number of likely N-dealkylation sites (tertiary alicyclic amines) is 1. The number of piperidine rings is 1. The van der Waals surface area contributed by atoms with E-state index in [0.29, 0.717) is 38.4 Å². The van der Waals surface area contributed by atoms with Gasteiger partial charge in [-0.15, -0.1) is 0 Å². The van der Waals surface area contributed by atoms with Gasteiger partial charge in [-0.3, -0.25) is 4.79 Å². The number of nitrogens with zero attached hydrogens (tertiary/aromatic N) is 1. The molecule has 1 saturated carbocycles. The van der Waals surface area contributed by atoms with Crippen LogP contribution in [0, 0.1) is 5.92 Å². The van der Waals surface area contributed by atoms with Gasteiger partial charge >= 0.3 is 12.1 Å². The lowest BCUT2D eigenvalue weighted by molar-refractivity contribution is -0.161. The zero-order valence-corrected chi connectivity index (χ0v) is 19.3. The maximum atomic E-state index is 13.6. The topological polar surface area (TPSA) is 81.9 Å². The van der Waals surface area contributed by atoms with Crippen molar-refractivity contribution in [3.63, 3.8) is 0 Å². The molecule has 1 atom stereocenters. The van der Waals surface area contributed by atoms with Crippen LogP contribution in [0.2, 0.25) is 0 Å². The van der Waals surface area contributed by atoms with E-state index in [1.807, 2.05) is 51.1 Å². The zero-order valence-electron chi connectivity index (χ0n) is 19.3. The molecule has 1 heterocycles. The SMILES string of the molecule is CC(C)(C)OC(=O)N1CCC(C(=O)O[C@@H](CN)C2CCCCC2)(c2ccccc2)CC1. The summed E-state index contributed by atoms with van der Waals surface area (Å²) in [6.45, 7) is 6.84. The molecule has 1 saturated heterocycles. The van der Waals surface area contributed by atoms with E-state index in [-0.39, 0.29) is 18.2 Å². The molecule has 3 rings (SSSR count). The van der Waals surface area contributed by atoms with E-state index in [1.165, 1.54) is 19.3 Å². The highest BCUT2D eigenvalue weighted by Gasteiger charge is 2.46. The average molecular weight is 431 g/mol. The van der Waals surface area contributed by atoms with Crippen molar-refractivity contribution in [2.24, 2.45) is 11.7 Å². The Morgan fingerprint density at radius 3 is 2.26 bits per heavy atom. The van der Waals surface area contributed by atoms with Crippen LogP contribution in [-0.2, 0) is 19.7 Å². The van der Waals surface area contributed by atoms with Gasteiger partial charge in [-0.05, 0) is 57.9 Å². The van der Waals surface area contributed by atoms with Gasteiger partial charge in [-0.2, -0.15) is 0 Å². The highest BCUT2D eigenvalue weighted by atomic mass is 16.6. The third kappa shape index (κ3) is 5.79. The van der Waals surface area contributed by atoms with Crippen LogP contribution < -0.4 is 5.73 Å². The Balaban J connectivity index is 1.76. The number of hydrogen-bond acceptors (Lipinski definition) is 5. The Morgan fingerprint density at radius 2 is 1.71 bits per heavy atom. The second kappa shape index (κ2) is 10.0. The minimum absolute atomic E-state index is 0.205. The van der Waals surface area contributed by atoms with Crippen molar-refractivity contribution in [3.8, 4) is 0 Å². The van der Waals surface area contributed by atoms with Crippen LogP contribution in [-0.4, -0.2) is 48.3 Å². The molecule has 1 aliphatic heterocycles. The monoisotopic (exact) mass is 430 g/mol. The lowest BCUT2D eigenvalue weighted by atomic mass is 9.72. The molecule has 6 heteroatoms. The number of amides is 1. The summed E-state index contributed by atoms with van der Waals surface area (Å²) in [6, 6.07) is 9.83. The molecule has 1 aliphatic carbocycles. The van der Waals surface area contributed by atoms with Gasteiger partial charge in [-0.1, -0.05) is 49.6 Å². The van der Waals surface area contributed by atoms with E-state index in [0.717, 1.165) is 18.4 Å². The van der Waals surface area contributed by atoms with Crippen LogP contribution in [0.4, 0.5) is 4.79 Å². The minimum atomic E-state index is -0.762. The van der Waals surface area contributed by atoms with Gasteiger partial charge in [-0.25, -0.2) is 4.79 Å². The summed E-state index contributed by atoms with van der Waals surface area (Å²) in [5, 5.41) is 0. The Morgan fingerprint density at radius 1 is 1.10 bits per heavy atom. The fourth-order valence-electron chi connectivity index (χ4n) is 4.86. The molecule has 2 fully saturated rings. The maximum absolute atomic E-state index is 13.6. The first-order valence-electron chi connectivity index (χ1n) is 11.7. The molecular formula is C25H38N2O4. The average Bonchev–Trinajstić information content (AvgIpc) is 2.77. The Bertz CT molecular complexity index is 730. The molecule has 0 radical (unpaired) electrons. The highest BCUT2D eigenvalue weighted by Crippen LogP contribution is 2.38. The van der Waals surface area contributed by atoms with Gasteiger partial charge in [0.15, 0.2) is 0 Å². The molecule has 0 spiro atoms. The molecule has 172 valence electrons. The normalized spacial score (nSPS) is 20.7. The molecule has 1 amide bonds. The molecule has 0 unspecified atom stereocenters. The number of nitrogens with two attached hydrogens (primary N) is 1. The van der Waals surface area contributed by atoms with E-state index in [9.17, 15) is 9.59 Å². The standard InChI is InChI=1S/C25H38N2O4/c1-24(2,3)31-23(29)27-16-14-25(15-17-27,20-12-8-5-9-13-20)22(28)30-21(18-26)19-10-6-4-7-11-19/h5,8-9,12-13,19,21H,4,6-7,10-11,14-18,26H2,1-3H3/t21-/m0/s1. The van der Waals surface area contributed by atoms with Gasteiger partial charge in [0.05, 0.1) is 5.41 Å². The summed E-state index contributed by atoms with van der Waals surface area (Å²) < 4.78 is 11.6. The van der Waals surface area contributed by atoms with E-state index < -0.39 is 11.0 Å². The molecule has 1 aromatic carbocycles. The molecule has 0 bridgehead atoms. The molecule has 1 aromatic rings. The van der Waals surface area contributed by atoms with Gasteiger partial charge in [0, 0.05) is 19.6 Å². The summed E-state index contributed by atoms with van der Waals surface area (Å²) in [4.78, 5) is 27.9. The van der Waals surface area contributed by atoms with Crippen molar-refractivity contribution in [2.75, 3.05) is 19.6 Å². The van der Waals surface area contributed by atoms with Crippen LogP contribution in [0.3, 0.4) is 0 Å². The summed E-state index contributed by atoms with van der Waals surface area (Å²) in [5.41, 5.74) is 5.68. The van der Waals surface area contributed by atoms with Crippen LogP contribution in [0.15, 0.2) is 30.3 Å². The quantitative estimate of drug-likeness (QED) is 0.700. The van der Waals surface area contributed by atoms with Crippen molar-refractivity contribution in [1.29, 1.82) is 0 Å². The number of rotatable bonds is 5. The summed E-state index contributed by atoms with van der Waals surface area (Å²) >= 11 is 0. The van der Waals surface area contributed by atoms with Crippen molar-refractivity contribution in [3.05, 3.63) is 35.9 Å². The molecule has 6 nitrogen and oxygen atoms in total. The van der Waals surface area contributed by atoms with E-state index in [1.54, 1.807) is 4.90 Å². The smallest absolute Gasteiger partial charge is 0.410 e. The van der Waals surface area contributed by atoms with Crippen LogP contribution in [0.5, 0.6) is 0 Å². The van der Waals surface area contributed by atoms with E-state index in [4.69, 9.17) is 15.2 Å². The van der Waals surface area contributed by atoms with E-state index in [2.05, 4.69) is 0 Å². The lowest BCUT2D eigenvalue weighted by Crippen LogP contribution is -2.52. The third-order valence-electron chi connectivity index (χ3n) is 6.65. The molecule has 31 heavy (non-hydrogen) atoms. The highest BCUT2D eigenvalue weighted by molar-refractivity contribution is 5.84. The Labute approximate surface area is 186 Å². The fraction of sp³-hybridized carbons (Fsp3) is 0.680. The summed E-state index contributed by atoms with van der Waals surface area (Å²) in [6.07, 6.45) is 6.19. The van der Waals surface area contributed by atoms with Crippen LogP contribution >= 0.6 is 0 Å². The van der Waals surface area contributed by atoms with Crippen molar-refractivity contribution >= 4 is 12.1 Å². The van der Waals surface area contributed by atoms with Gasteiger partial charge in [0.2, 0.25) is 0 Å². The number of esters is 1. The summed E-state index contributed by atoms with van der Waals surface area (Å²) in [5.74, 6) is 0.140. The molecule has 2 N–H and O–H groups in total. The van der Waals surface area contributed by atoms with Crippen LogP contribution in [0.1, 0.15) is 71.3 Å². The van der Waals surface area contributed by atoms with Crippen molar-refractivity contribution in [1.82, 2.24) is 4.90 Å². The van der Waals surface area contributed by atoms with Crippen LogP contribution in [0.25, 0.3) is 0 Å². The second-order valence-electron chi connectivity index (χ2n) is 9.99. The van der Waals surface area contributed by atoms with Gasteiger partial charge in [0.25, 0.3) is 0 Å². The number of carbonyl (C=O) groups excluding carboxylic acids is 2. The summed E-state index contributed by atoms with van der Waals surface area (Å²) in [7, 11) is 0. The largest absolute Gasteiger partial charge is 0.460 e. The maximum Gasteiger partial charge on any atom is 0.410 e. The lowest BCUT2D eigenvalue weighted by Gasteiger charge is -2.41. The number of benzene rings is 1. The van der Waals surface area contributed by atoms with Gasteiger partial charge in [0.1, 0.15) is 11.7 Å². The first-order chi connectivity index (χ1) is 14.7. The second-order valence-corrected chi connectivity index (χ2v) is 9.99. The fourth-order valence-corrected chi connectivity index (χ4v) is 4.86. The minimum Gasteiger partial charge on any atom is -0.460 e. The molecular weight excluding hydrogens is 392 g/mol. The first kappa shape index (κ1) is 23.6. The first-order valence-corrected chi connectivity index (χ1v) is 11.7. The predicted octanol–water partition coefficient (Wildman–Crippen LogP) is 4.41. The number of hydrogen-bond donors (Lipinski definition) is 1. The Kier molecular flexibility index (Phi) is 7.63. The third-order valence-corrected chi connectivity index (χ3v) is 6.65. The zero-order chi connectivity index (χ0) is 22.5. The van der Waals surface area contributed by atoms with E-state index >= 15 is 0 Å². The van der Waals surface area contributed by atoms with Crippen molar-refractivity contribution < 1.29 is 19.1 Å².